The lowest BCUT2D eigenvalue weighted by atomic mass is 10.0. The summed E-state index contributed by atoms with van der Waals surface area (Å²) in [4.78, 5) is 28.3. The van der Waals surface area contributed by atoms with Gasteiger partial charge >= 0.3 is 0 Å². The van der Waals surface area contributed by atoms with E-state index >= 15 is 0 Å². The Kier molecular flexibility index (Phi) is 10.5. The third-order valence-corrected chi connectivity index (χ3v) is 7.56. The minimum atomic E-state index is -3.64. The number of benzene rings is 2. The Labute approximate surface area is 215 Å². The van der Waals surface area contributed by atoms with Crippen molar-refractivity contribution in [1.29, 1.82) is 0 Å². The maximum atomic E-state index is 13.4. The van der Waals surface area contributed by atoms with Crippen LogP contribution in [-0.4, -0.2) is 61.7 Å². The van der Waals surface area contributed by atoms with Crippen molar-refractivity contribution in [3.05, 3.63) is 60.2 Å². The standard InChI is InChI=1S/C27H39N3O5S/c1-7-24(26(32)28-27(2,3)4)30(20-21-13-11-14-22(19-21)35-6)25(31)17-12-18-29(5)36(33,34)23-15-9-8-10-16-23/h8-11,13-16,19,24H,7,12,17-18,20H2,1-6H3,(H,28,32). The van der Waals surface area contributed by atoms with Gasteiger partial charge in [-0.2, -0.15) is 0 Å². The molecule has 0 heterocycles. The van der Waals surface area contributed by atoms with Crippen molar-refractivity contribution in [3.8, 4) is 5.75 Å². The average Bonchev–Trinajstić information content (AvgIpc) is 2.83. The Morgan fingerprint density at radius 1 is 1.06 bits per heavy atom. The van der Waals surface area contributed by atoms with Gasteiger partial charge in [0.15, 0.2) is 0 Å². The maximum absolute atomic E-state index is 13.4. The van der Waals surface area contributed by atoms with Gasteiger partial charge in [0.2, 0.25) is 21.8 Å². The molecular weight excluding hydrogens is 478 g/mol. The molecule has 9 heteroatoms. The molecule has 1 atom stereocenters. The van der Waals surface area contributed by atoms with E-state index in [1.54, 1.807) is 42.3 Å². The van der Waals surface area contributed by atoms with Gasteiger partial charge in [-0.05, 0) is 63.4 Å². The molecule has 0 aromatic heterocycles. The summed E-state index contributed by atoms with van der Waals surface area (Å²) in [6.07, 6.45) is 0.880. The molecule has 0 bridgehead atoms. The summed E-state index contributed by atoms with van der Waals surface area (Å²) < 4.78 is 32.1. The maximum Gasteiger partial charge on any atom is 0.243 e. The number of carbonyl (C=O) groups is 2. The van der Waals surface area contributed by atoms with Crippen LogP contribution in [-0.2, 0) is 26.2 Å². The zero-order chi connectivity index (χ0) is 26.9. The number of rotatable bonds is 12. The summed E-state index contributed by atoms with van der Waals surface area (Å²) in [6, 6.07) is 14.9. The quantitative estimate of drug-likeness (QED) is 0.462. The van der Waals surface area contributed by atoms with E-state index in [2.05, 4.69) is 5.32 Å². The third-order valence-electron chi connectivity index (χ3n) is 5.69. The summed E-state index contributed by atoms with van der Waals surface area (Å²) in [5, 5.41) is 2.98. The van der Waals surface area contributed by atoms with E-state index in [0.717, 1.165) is 5.56 Å². The molecular formula is C27H39N3O5S. The highest BCUT2D eigenvalue weighted by molar-refractivity contribution is 7.89. The SMILES string of the molecule is CCC(C(=O)NC(C)(C)C)N(Cc1cccc(OC)c1)C(=O)CCCN(C)S(=O)(=O)c1ccccc1. The first-order chi connectivity index (χ1) is 16.9. The highest BCUT2D eigenvalue weighted by atomic mass is 32.2. The molecule has 1 unspecified atom stereocenters. The summed E-state index contributed by atoms with van der Waals surface area (Å²) in [7, 11) is -0.554. The third kappa shape index (κ3) is 8.34. The number of hydrogen-bond acceptors (Lipinski definition) is 5. The monoisotopic (exact) mass is 517 g/mol. The topological polar surface area (TPSA) is 96.0 Å². The molecule has 0 radical (unpaired) electrons. The molecule has 0 spiro atoms. The fourth-order valence-electron chi connectivity index (χ4n) is 3.83. The first-order valence-electron chi connectivity index (χ1n) is 12.1. The molecule has 2 aromatic carbocycles. The molecule has 0 saturated carbocycles. The van der Waals surface area contributed by atoms with Crippen LogP contribution >= 0.6 is 0 Å². The highest BCUT2D eigenvalue weighted by Crippen LogP contribution is 2.20. The van der Waals surface area contributed by atoms with Gasteiger partial charge in [0.25, 0.3) is 0 Å². The minimum Gasteiger partial charge on any atom is -0.497 e. The molecule has 36 heavy (non-hydrogen) atoms. The smallest absolute Gasteiger partial charge is 0.243 e. The van der Waals surface area contributed by atoms with Gasteiger partial charge in [-0.15, -0.1) is 0 Å². The van der Waals surface area contributed by atoms with Gasteiger partial charge in [0.1, 0.15) is 11.8 Å². The zero-order valence-electron chi connectivity index (χ0n) is 22.2. The number of carbonyl (C=O) groups excluding carboxylic acids is 2. The van der Waals surface area contributed by atoms with E-state index in [9.17, 15) is 18.0 Å². The lowest BCUT2D eigenvalue weighted by Crippen LogP contribution is -2.53. The van der Waals surface area contributed by atoms with Gasteiger partial charge < -0.3 is 15.0 Å². The van der Waals surface area contributed by atoms with Crippen molar-refractivity contribution in [1.82, 2.24) is 14.5 Å². The van der Waals surface area contributed by atoms with Crippen molar-refractivity contribution >= 4 is 21.8 Å². The molecule has 0 aliphatic carbocycles. The van der Waals surface area contributed by atoms with Crippen LogP contribution in [0.2, 0.25) is 0 Å². The lowest BCUT2D eigenvalue weighted by Gasteiger charge is -2.33. The number of nitrogens with zero attached hydrogens (tertiary/aromatic N) is 2. The Bertz CT molecular complexity index is 1110. The van der Waals surface area contributed by atoms with E-state index < -0.39 is 21.6 Å². The lowest BCUT2D eigenvalue weighted by molar-refractivity contribution is -0.142. The molecule has 2 rings (SSSR count). The van der Waals surface area contributed by atoms with Crippen molar-refractivity contribution in [2.24, 2.45) is 0 Å². The summed E-state index contributed by atoms with van der Waals surface area (Å²) >= 11 is 0. The van der Waals surface area contributed by atoms with Crippen LogP contribution < -0.4 is 10.1 Å². The van der Waals surface area contributed by atoms with Crippen molar-refractivity contribution in [3.63, 3.8) is 0 Å². The van der Waals surface area contributed by atoms with Gasteiger partial charge in [-0.1, -0.05) is 37.3 Å². The molecule has 2 aromatic rings. The highest BCUT2D eigenvalue weighted by Gasteiger charge is 2.30. The van der Waals surface area contributed by atoms with Crippen molar-refractivity contribution < 1.29 is 22.7 Å². The molecule has 0 aliphatic rings. The first-order valence-corrected chi connectivity index (χ1v) is 13.6. The van der Waals surface area contributed by atoms with E-state index in [1.165, 1.54) is 11.4 Å². The van der Waals surface area contributed by atoms with Gasteiger partial charge in [0, 0.05) is 32.1 Å². The van der Waals surface area contributed by atoms with Crippen LogP contribution in [0.3, 0.4) is 0 Å². The Morgan fingerprint density at radius 3 is 2.31 bits per heavy atom. The fourth-order valence-corrected chi connectivity index (χ4v) is 5.06. The van der Waals surface area contributed by atoms with Gasteiger partial charge in [0.05, 0.1) is 12.0 Å². The first kappa shape index (κ1) is 29.3. The number of methoxy groups -OCH3 is 1. The summed E-state index contributed by atoms with van der Waals surface area (Å²) in [6.45, 7) is 7.99. The van der Waals surface area contributed by atoms with E-state index in [0.29, 0.717) is 18.6 Å². The number of amides is 2. The average molecular weight is 518 g/mol. The Morgan fingerprint density at radius 2 is 1.72 bits per heavy atom. The van der Waals surface area contributed by atoms with Gasteiger partial charge in [-0.25, -0.2) is 12.7 Å². The fraction of sp³-hybridized carbons (Fsp3) is 0.481. The van der Waals surface area contributed by atoms with Crippen molar-refractivity contribution in [2.45, 2.75) is 70.0 Å². The molecule has 0 aliphatic heterocycles. The Hall–Kier alpha value is -2.91. The molecule has 2 amide bonds. The predicted octanol–water partition coefficient (Wildman–Crippen LogP) is 3.82. The molecule has 0 saturated heterocycles. The number of hydrogen-bond donors (Lipinski definition) is 1. The second kappa shape index (κ2) is 12.9. The van der Waals surface area contributed by atoms with Crippen molar-refractivity contribution in [2.75, 3.05) is 20.7 Å². The molecule has 8 nitrogen and oxygen atoms in total. The predicted molar refractivity (Wildman–Crippen MR) is 141 cm³/mol. The van der Waals surface area contributed by atoms with Crippen LogP contribution in [0.15, 0.2) is 59.5 Å². The van der Waals surface area contributed by atoms with Gasteiger partial charge in [-0.3, -0.25) is 9.59 Å². The summed E-state index contributed by atoms with van der Waals surface area (Å²) in [5.74, 6) is 0.240. The van der Waals surface area contributed by atoms with E-state index in [4.69, 9.17) is 4.74 Å². The molecule has 198 valence electrons. The molecule has 1 N–H and O–H groups in total. The van der Waals surface area contributed by atoms with E-state index in [-0.39, 0.29) is 36.2 Å². The van der Waals surface area contributed by atoms with Crippen LogP contribution in [0.1, 0.15) is 52.5 Å². The van der Waals surface area contributed by atoms with Crippen LogP contribution in [0, 0.1) is 0 Å². The largest absolute Gasteiger partial charge is 0.497 e. The number of ether oxygens (including phenoxy) is 1. The second-order valence-electron chi connectivity index (χ2n) is 9.78. The normalized spacial score (nSPS) is 12.8. The number of sulfonamides is 1. The van der Waals surface area contributed by atoms with Crippen LogP contribution in [0.4, 0.5) is 0 Å². The number of nitrogens with one attached hydrogen (secondary N) is 1. The molecule has 0 fully saturated rings. The van der Waals surface area contributed by atoms with E-state index in [1.807, 2.05) is 52.0 Å². The van der Waals surface area contributed by atoms with Crippen LogP contribution in [0.25, 0.3) is 0 Å². The zero-order valence-corrected chi connectivity index (χ0v) is 23.0. The van der Waals surface area contributed by atoms with Crippen LogP contribution in [0.5, 0.6) is 5.75 Å². The minimum absolute atomic E-state index is 0.109. The second-order valence-corrected chi connectivity index (χ2v) is 11.8. The Balaban J connectivity index is 2.18. The summed E-state index contributed by atoms with van der Waals surface area (Å²) in [5.41, 5.74) is 0.400.